The lowest BCUT2D eigenvalue weighted by Crippen LogP contribution is -2.45. The topological polar surface area (TPSA) is 66.4 Å². The molecule has 0 amide bonds. The minimum absolute atomic E-state index is 0.238. The molecular weight excluding hydrogens is 474 g/mol. The number of nitrogens with zero attached hydrogens (tertiary/aromatic N) is 1. The van der Waals surface area contributed by atoms with Crippen molar-refractivity contribution in [1.82, 2.24) is 0 Å². The number of unbranched alkanes of at least 4 members (excludes halogenated alkanes) is 19. The standard InChI is InChI=1S/C33H63NO4/c1-5-6-7-8-9-10-11-12-13-14-15-16-17-18-19-20-21-22-23-24-25-26-27-28-33(37)38-31(29-32(35)36)30-34(2,3)4/h12-13,31H,5-11,14-30H2,1-4H3/b13-12+. The zero-order valence-corrected chi connectivity index (χ0v) is 25.8. The van der Waals surface area contributed by atoms with E-state index in [1.54, 1.807) is 0 Å². The quantitative estimate of drug-likeness (QED) is 0.0440. The summed E-state index contributed by atoms with van der Waals surface area (Å²) >= 11 is 0. The Morgan fingerprint density at radius 2 is 1.05 bits per heavy atom. The van der Waals surface area contributed by atoms with Crippen LogP contribution in [0.1, 0.15) is 155 Å². The third kappa shape index (κ3) is 29.2. The van der Waals surface area contributed by atoms with E-state index in [-0.39, 0.29) is 12.4 Å². The number of rotatable bonds is 28. The van der Waals surface area contributed by atoms with Gasteiger partial charge in [-0.1, -0.05) is 122 Å². The summed E-state index contributed by atoms with van der Waals surface area (Å²) in [5.41, 5.74) is 0. The Hall–Kier alpha value is -1.36. The smallest absolute Gasteiger partial charge is 0.306 e. The first-order valence-corrected chi connectivity index (χ1v) is 16.1. The van der Waals surface area contributed by atoms with E-state index in [1.165, 1.54) is 116 Å². The SMILES string of the molecule is CCCCCCCC/C=C/CCCCCCCCCCCCCCCC(=O)OC(CC(=O)[O-])C[N+](C)(C)C. The van der Waals surface area contributed by atoms with Crippen molar-refractivity contribution < 1.29 is 23.9 Å². The maximum absolute atomic E-state index is 12.1. The first-order valence-electron chi connectivity index (χ1n) is 16.1. The summed E-state index contributed by atoms with van der Waals surface area (Å²) < 4.78 is 5.95. The van der Waals surface area contributed by atoms with Crippen LogP contribution in [-0.4, -0.2) is 50.2 Å². The maximum Gasteiger partial charge on any atom is 0.306 e. The summed E-state index contributed by atoms with van der Waals surface area (Å²) in [7, 11) is 5.86. The minimum atomic E-state index is -1.17. The number of carboxylic acids is 1. The Labute approximate surface area is 236 Å². The monoisotopic (exact) mass is 537 g/mol. The summed E-state index contributed by atoms with van der Waals surface area (Å²) in [6.45, 7) is 2.74. The van der Waals surface area contributed by atoms with E-state index in [4.69, 9.17) is 4.74 Å². The van der Waals surface area contributed by atoms with Crippen LogP contribution in [0.4, 0.5) is 0 Å². The Morgan fingerprint density at radius 3 is 1.45 bits per heavy atom. The molecule has 0 aliphatic heterocycles. The van der Waals surface area contributed by atoms with E-state index in [9.17, 15) is 14.7 Å². The number of allylic oxidation sites excluding steroid dienone is 2. The lowest BCUT2D eigenvalue weighted by Gasteiger charge is -2.29. The highest BCUT2D eigenvalue weighted by Gasteiger charge is 2.22. The zero-order valence-electron chi connectivity index (χ0n) is 25.8. The number of carbonyl (C=O) groups excluding carboxylic acids is 2. The molecule has 0 aliphatic carbocycles. The molecule has 224 valence electrons. The normalized spacial score (nSPS) is 12.7. The van der Waals surface area contributed by atoms with Crippen molar-refractivity contribution in [3.05, 3.63) is 12.2 Å². The van der Waals surface area contributed by atoms with E-state index < -0.39 is 12.1 Å². The fraction of sp³-hybridized carbons (Fsp3) is 0.879. The Bertz CT molecular complexity index is 582. The lowest BCUT2D eigenvalue weighted by atomic mass is 10.0. The summed E-state index contributed by atoms with van der Waals surface area (Å²) in [4.78, 5) is 23.0. The average Bonchev–Trinajstić information content (AvgIpc) is 2.83. The molecule has 0 spiro atoms. The highest BCUT2D eigenvalue weighted by Crippen LogP contribution is 2.14. The van der Waals surface area contributed by atoms with Gasteiger partial charge in [0.25, 0.3) is 0 Å². The zero-order chi connectivity index (χ0) is 28.3. The van der Waals surface area contributed by atoms with Gasteiger partial charge in [-0.05, 0) is 32.1 Å². The predicted molar refractivity (Wildman–Crippen MR) is 159 cm³/mol. The van der Waals surface area contributed by atoms with Crippen LogP contribution in [0, 0.1) is 0 Å². The van der Waals surface area contributed by atoms with Crippen LogP contribution in [-0.2, 0) is 14.3 Å². The van der Waals surface area contributed by atoms with Crippen molar-refractivity contribution in [3.8, 4) is 0 Å². The van der Waals surface area contributed by atoms with Crippen LogP contribution in [0.15, 0.2) is 12.2 Å². The summed E-state index contributed by atoms with van der Waals surface area (Å²) in [6.07, 6.45) is 31.6. The number of likely N-dealkylation sites (N-methyl/N-ethyl adjacent to an activating group) is 1. The van der Waals surface area contributed by atoms with Crippen LogP contribution in [0.2, 0.25) is 0 Å². The van der Waals surface area contributed by atoms with Crippen molar-refractivity contribution in [2.24, 2.45) is 0 Å². The molecule has 0 aromatic rings. The molecule has 0 bridgehead atoms. The van der Waals surface area contributed by atoms with Crippen molar-refractivity contribution in [2.45, 2.75) is 161 Å². The molecule has 1 atom stereocenters. The molecule has 5 heteroatoms. The van der Waals surface area contributed by atoms with Crippen LogP contribution in [0.5, 0.6) is 0 Å². The van der Waals surface area contributed by atoms with Gasteiger partial charge in [-0.3, -0.25) is 4.79 Å². The molecule has 0 aliphatic rings. The molecule has 0 radical (unpaired) electrons. The largest absolute Gasteiger partial charge is 0.550 e. The highest BCUT2D eigenvalue weighted by atomic mass is 16.5. The minimum Gasteiger partial charge on any atom is -0.550 e. The van der Waals surface area contributed by atoms with Gasteiger partial charge in [0, 0.05) is 18.8 Å². The van der Waals surface area contributed by atoms with Crippen LogP contribution >= 0.6 is 0 Å². The lowest BCUT2D eigenvalue weighted by molar-refractivity contribution is -0.873. The fourth-order valence-electron chi connectivity index (χ4n) is 4.94. The van der Waals surface area contributed by atoms with E-state index in [0.29, 0.717) is 17.4 Å². The predicted octanol–water partition coefficient (Wildman–Crippen LogP) is 7.90. The molecule has 0 fully saturated rings. The fourth-order valence-corrected chi connectivity index (χ4v) is 4.94. The first kappa shape index (κ1) is 36.6. The number of aliphatic carboxylic acids is 1. The van der Waals surface area contributed by atoms with Gasteiger partial charge in [-0.25, -0.2) is 0 Å². The number of ether oxygens (including phenoxy) is 1. The molecule has 1 unspecified atom stereocenters. The maximum atomic E-state index is 12.1. The van der Waals surface area contributed by atoms with Gasteiger partial charge in [0.1, 0.15) is 6.54 Å². The molecule has 0 aromatic heterocycles. The molecule has 0 aromatic carbocycles. The number of carboxylic acid groups (broad SMARTS) is 1. The molecule has 38 heavy (non-hydrogen) atoms. The third-order valence-corrected chi connectivity index (χ3v) is 7.09. The molecule has 0 saturated carbocycles. The second-order valence-corrected chi connectivity index (χ2v) is 12.3. The second-order valence-electron chi connectivity index (χ2n) is 12.3. The van der Waals surface area contributed by atoms with Crippen molar-refractivity contribution in [2.75, 3.05) is 27.7 Å². The van der Waals surface area contributed by atoms with Gasteiger partial charge in [0.2, 0.25) is 0 Å². The molecule has 5 nitrogen and oxygen atoms in total. The van der Waals surface area contributed by atoms with Gasteiger partial charge in [0.15, 0.2) is 6.10 Å². The van der Waals surface area contributed by atoms with Crippen molar-refractivity contribution in [3.63, 3.8) is 0 Å². The van der Waals surface area contributed by atoms with Gasteiger partial charge < -0.3 is 19.1 Å². The second kappa shape index (κ2) is 25.9. The number of hydrogen-bond donors (Lipinski definition) is 0. The molecule has 0 heterocycles. The van der Waals surface area contributed by atoms with Gasteiger partial charge >= 0.3 is 5.97 Å². The average molecular weight is 538 g/mol. The first-order chi connectivity index (χ1) is 18.2. The number of quaternary nitrogens is 1. The Balaban J connectivity index is 3.42. The van der Waals surface area contributed by atoms with E-state index >= 15 is 0 Å². The van der Waals surface area contributed by atoms with E-state index in [1.807, 2.05) is 21.1 Å². The summed E-state index contributed by atoms with van der Waals surface area (Å²) in [5, 5.41) is 10.9. The third-order valence-electron chi connectivity index (χ3n) is 7.09. The van der Waals surface area contributed by atoms with Crippen LogP contribution in [0.3, 0.4) is 0 Å². The molecule has 0 rings (SSSR count). The Morgan fingerprint density at radius 1 is 0.658 bits per heavy atom. The summed E-state index contributed by atoms with van der Waals surface area (Å²) in [5.74, 6) is -1.46. The van der Waals surface area contributed by atoms with Crippen molar-refractivity contribution >= 4 is 11.9 Å². The van der Waals surface area contributed by atoms with Crippen LogP contribution in [0.25, 0.3) is 0 Å². The van der Waals surface area contributed by atoms with E-state index in [2.05, 4.69) is 19.1 Å². The van der Waals surface area contributed by atoms with Crippen molar-refractivity contribution in [1.29, 1.82) is 0 Å². The molecular formula is C33H63NO4. The highest BCUT2D eigenvalue weighted by molar-refractivity contribution is 5.70. The van der Waals surface area contributed by atoms with Gasteiger partial charge in [-0.2, -0.15) is 0 Å². The van der Waals surface area contributed by atoms with Gasteiger partial charge in [0.05, 0.1) is 21.1 Å². The number of esters is 1. The molecule has 0 saturated heterocycles. The summed E-state index contributed by atoms with van der Waals surface area (Å²) in [6, 6.07) is 0. The number of carbonyl (C=O) groups is 2. The van der Waals surface area contributed by atoms with Gasteiger partial charge in [-0.15, -0.1) is 0 Å². The van der Waals surface area contributed by atoms with Crippen LogP contribution < -0.4 is 5.11 Å². The molecule has 0 N–H and O–H groups in total. The number of hydrogen-bond acceptors (Lipinski definition) is 4. The van der Waals surface area contributed by atoms with E-state index in [0.717, 1.165) is 19.3 Å². The Kier molecular flexibility index (Phi) is 25.0.